The Morgan fingerprint density at radius 2 is 1.67 bits per heavy atom. The molecule has 0 radical (unpaired) electrons. The lowest BCUT2D eigenvalue weighted by Gasteiger charge is -2.25. The number of Topliss-reactive ketones (excluding diaryl/α,β-unsaturated/α-hetero) is 1. The van der Waals surface area contributed by atoms with E-state index in [1.54, 1.807) is 36.3 Å². The average Bonchev–Trinajstić information content (AvgIpc) is 3.01. The normalized spacial score (nSPS) is 18.1. The van der Waals surface area contributed by atoms with Crippen molar-refractivity contribution in [3.05, 3.63) is 70.8 Å². The van der Waals surface area contributed by atoms with Gasteiger partial charge in [-0.1, -0.05) is 68.1 Å². The molecule has 1 N–H and O–H groups in total. The Kier molecular flexibility index (Phi) is 6.93. The van der Waals surface area contributed by atoms with Crippen molar-refractivity contribution in [1.29, 1.82) is 0 Å². The van der Waals surface area contributed by atoms with Gasteiger partial charge in [-0.05, 0) is 31.0 Å². The number of ketones is 1. The van der Waals surface area contributed by atoms with Crippen molar-refractivity contribution in [2.75, 3.05) is 13.7 Å². The van der Waals surface area contributed by atoms with Gasteiger partial charge in [0.25, 0.3) is 11.7 Å². The lowest BCUT2D eigenvalue weighted by molar-refractivity contribution is -0.139. The van der Waals surface area contributed by atoms with Crippen LogP contribution in [0.4, 0.5) is 0 Å². The highest BCUT2D eigenvalue weighted by Crippen LogP contribution is 2.40. The molecule has 1 aliphatic rings. The van der Waals surface area contributed by atoms with Gasteiger partial charge in [0.2, 0.25) is 0 Å². The van der Waals surface area contributed by atoms with Crippen molar-refractivity contribution in [2.24, 2.45) is 0 Å². The van der Waals surface area contributed by atoms with E-state index < -0.39 is 17.7 Å². The summed E-state index contributed by atoms with van der Waals surface area (Å²) >= 11 is 0. The third-order valence-electron chi connectivity index (χ3n) is 5.55. The maximum atomic E-state index is 13.0. The summed E-state index contributed by atoms with van der Waals surface area (Å²) in [6.45, 7) is 4.56. The van der Waals surface area contributed by atoms with E-state index in [1.165, 1.54) is 0 Å². The minimum absolute atomic E-state index is 0.134. The summed E-state index contributed by atoms with van der Waals surface area (Å²) in [5.74, 6) is -0.632. The zero-order chi connectivity index (χ0) is 21.7. The fraction of sp³-hybridized carbons (Fsp3) is 0.360. The molecule has 0 aliphatic carbocycles. The minimum Gasteiger partial charge on any atom is -0.507 e. The lowest BCUT2D eigenvalue weighted by Crippen LogP contribution is -2.30. The van der Waals surface area contributed by atoms with Gasteiger partial charge in [-0.15, -0.1) is 0 Å². The van der Waals surface area contributed by atoms with Crippen molar-refractivity contribution in [3.63, 3.8) is 0 Å². The Bertz CT molecular complexity index is 929. The molecular formula is C25H29NO4. The lowest BCUT2D eigenvalue weighted by atomic mass is 9.95. The number of amides is 1. The number of carbonyl (C=O) groups excluding carboxylic acids is 2. The fourth-order valence-electron chi connectivity index (χ4n) is 3.82. The zero-order valence-electron chi connectivity index (χ0n) is 17.9. The fourth-order valence-corrected chi connectivity index (χ4v) is 3.82. The number of aryl methyl sites for hydroxylation is 1. The second-order valence-corrected chi connectivity index (χ2v) is 7.69. The first-order chi connectivity index (χ1) is 14.5. The van der Waals surface area contributed by atoms with Crippen LogP contribution in [-0.2, 0) is 9.59 Å². The van der Waals surface area contributed by atoms with Crippen molar-refractivity contribution in [1.82, 2.24) is 4.90 Å². The molecule has 2 aromatic rings. The molecule has 1 fully saturated rings. The number of rotatable bonds is 8. The third-order valence-corrected chi connectivity index (χ3v) is 5.55. The molecule has 30 heavy (non-hydrogen) atoms. The van der Waals surface area contributed by atoms with Gasteiger partial charge in [0.05, 0.1) is 18.7 Å². The SMILES string of the molecule is CCCCCCN1C(=O)C(=O)/C(=C(\O)c2ccc(C)cc2)C1c1ccc(OC)cc1. The molecule has 5 nitrogen and oxygen atoms in total. The molecule has 0 saturated carbocycles. The Labute approximate surface area is 178 Å². The van der Waals surface area contributed by atoms with E-state index in [4.69, 9.17) is 4.74 Å². The van der Waals surface area contributed by atoms with E-state index in [1.807, 2.05) is 31.2 Å². The number of likely N-dealkylation sites (tertiary alicyclic amines) is 1. The highest BCUT2D eigenvalue weighted by molar-refractivity contribution is 6.46. The number of benzene rings is 2. The van der Waals surface area contributed by atoms with Crippen molar-refractivity contribution >= 4 is 17.4 Å². The molecule has 1 saturated heterocycles. The van der Waals surface area contributed by atoms with Crippen LogP contribution in [0.25, 0.3) is 5.76 Å². The van der Waals surface area contributed by atoms with Gasteiger partial charge in [-0.2, -0.15) is 0 Å². The van der Waals surface area contributed by atoms with Gasteiger partial charge in [-0.3, -0.25) is 9.59 Å². The Morgan fingerprint density at radius 1 is 1.00 bits per heavy atom. The molecular weight excluding hydrogens is 378 g/mol. The summed E-state index contributed by atoms with van der Waals surface area (Å²) in [5.41, 5.74) is 2.50. The number of carbonyl (C=O) groups is 2. The number of unbranched alkanes of at least 4 members (excludes halogenated alkanes) is 3. The standard InChI is InChI=1S/C25H29NO4/c1-4-5-6-7-16-26-22(18-12-14-20(30-3)15-13-18)21(24(28)25(26)29)23(27)19-10-8-17(2)9-11-19/h8-15,22,27H,4-7,16H2,1-3H3/b23-21-. The van der Waals surface area contributed by atoms with Crippen LogP contribution < -0.4 is 4.74 Å². The van der Waals surface area contributed by atoms with E-state index in [2.05, 4.69) is 6.92 Å². The van der Waals surface area contributed by atoms with Gasteiger partial charge < -0.3 is 14.7 Å². The smallest absolute Gasteiger partial charge is 0.295 e. The number of methoxy groups -OCH3 is 1. The summed E-state index contributed by atoms with van der Waals surface area (Å²) in [6, 6.07) is 14.0. The molecule has 158 valence electrons. The van der Waals surface area contributed by atoms with Gasteiger partial charge >= 0.3 is 0 Å². The predicted octanol–water partition coefficient (Wildman–Crippen LogP) is 5.01. The van der Waals surface area contributed by atoms with Crippen LogP contribution in [0.3, 0.4) is 0 Å². The number of nitrogens with zero attached hydrogens (tertiary/aromatic N) is 1. The number of hydrogen-bond acceptors (Lipinski definition) is 4. The van der Waals surface area contributed by atoms with E-state index in [9.17, 15) is 14.7 Å². The topological polar surface area (TPSA) is 66.8 Å². The summed E-state index contributed by atoms with van der Waals surface area (Å²) in [7, 11) is 1.59. The maximum absolute atomic E-state index is 13.0. The molecule has 5 heteroatoms. The maximum Gasteiger partial charge on any atom is 0.295 e. The van der Waals surface area contributed by atoms with Gasteiger partial charge in [0.15, 0.2) is 0 Å². The molecule has 0 aromatic heterocycles. The summed E-state index contributed by atoms with van der Waals surface area (Å²) in [5, 5.41) is 11.0. The molecule has 0 spiro atoms. The Balaban J connectivity index is 2.05. The van der Waals surface area contributed by atoms with Crippen LogP contribution in [-0.4, -0.2) is 35.4 Å². The van der Waals surface area contributed by atoms with Crippen LogP contribution in [0.2, 0.25) is 0 Å². The number of aliphatic hydroxyl groups excluding tert-OH is 1. The third kappa shape index (κ3) is 4.40. The largest absolute Gasteiger partial charge is 0.507 e. The molecule has 1 unspecified atom stereocenters. The summed E-state index contributed by atoms with van der Waals surface area (Å²) in [4.78, 5) is 27.4. The van der Waals surface area contributed by atoms with Crippen molar-refractivity contribution in [2.45, 2.75) is 45.6 Å². The molecule has 1 aliphatic heterocycles. The minimum atomic E-state index is -0.635. The van der Waals surface area contributed by atoms with Crippen LogP contribution in [0.15, 0.2) is 54.1 Å². The molecule has 1 atom stereocenters. The highest BCUT2D eigenvalue weighted by atomic mass is 16.5. The molecule has 0 bridgehead atoms. The highest BCUT2D eigenvalue weighted by Gasteiger charge is 2.45. The summed E-state index contributed by atoms with van der Waals surface area (Å²) in [6.07, 6.45) is 3.99. The zero-order valence-corrected chi connectivity index (χ0v) is 17.9. The second-order valence-electron chi connectivity index (χ2n) is 7.69. The van der Waals surface area contributed by atoms with E-state index in [-0.39, 0.29) is 11.3 Å². The molecule has 1 amide bonds. The van der Waals surface area contributed by atoms with Crippen LogP contribution in [0, 0.1) is 6.92 Å². The first-order valence-electron chi connectivity index (χ1n) is 10.5. The number of hydrogen-bond donors (Lipinski definition) is 1. The first kappa shape index (κ1) is 21.6. The van der Waals surface area contributed by atoms with Crippen molar-refractivity contribution < 1.29 is 19.4 Å². The van der Waals surface area contributed by atoms with Crippen LogP contribution in [0.5, 0.6) is 5.75 Å². The predicted molar refractivity (Wildman–Crippen MR) is 117 cm³/mol. The molecule has 3 rings (SSSR count). The van der Waals surface area contributed by atoms with Gasteiger partial charge in [-0.25, -0.2) is 0 Å². The monoisotopic (exact) mass is 407 g/mol. The number of ether oxygens (including phenoxy) is 1. The van der Waals surface area contributed by atoms with E-state index in [0.717, 1.165) is 36.8 Å². The summed E-state index contributed by atoms with van der Waals surface area (Å²) < 4.78 is 5.24. The molecule has 1 heterocycles. The van der Waals surface area contributed by atoms with Crippen LogP contribution >= 0.6 is 0 Å². The molecule has 2 aromatic carbocycles. The quantitative estimate of drug-likeness (QED) is 0.289. The average molecular weight is 408 g/mol. The van der Waals surface area contributed by atoms with Gasteiger partial charge in [0, 0.05) is 12.1 Å². The van der Waals surface area contributed by atoms with E-state index >= 15 is 0 Å². The first-order valence-corrected chi connectivity index (χ1v) is 10.5. The number of aliphatic hydroxyl groups is 1. The Morgan fingerprint density at radius 3 is 2.27 bits per heavy atom. The van der Waals surface area contributed by atoms with E-state index in [0.29, 0.717) is 17.9 Å². The second kappa shape index (κ2) is 9.61. The van der Waals surface area contributed by atoms with Gasteiger partial charge in [0.1, 0.15) is 11.5 Å². The van der Waals surface area contributed by atoms with Crippen molar-refractivity contribution in [3.8, 4) is 5.75 Å². The Hall–Kier alpha value is -3.08. The van der Waals surface area contributed by atoms with Crippen LogP contribution in [0.1, 0.15) is 55.3 Å².